The Kier molecular flexibility index (Phi) is 5.79. The molecular formula is C24H39O6-. The van der Waals surface area contributed by atoms with Gasteiger partial charge in [0.2, 0.25) is 0 Å². The van der Waals surface area contributed by atoms with Crippen molar-refractivity contribution in [1.29, 1.82) is 0 Å². The lowest BCUT2D eigenvalue weighted by Crippen LogP contribution is -2.65. The molecule has 0 spiro atoms. The fourth-order valence-electron chi connectivity index (χ4n) is 8.75. The summed E-state index contributed by atoms with van der Waals surface area (Å²) in [6, 6.07) is 0. The third kappa shape index (κ3) is 3.16. The standard InChI is InChI=1S/C24H40O6/c1-12(4-7-21(29)30)15-5-6-16-22-17(11-20(28)24(15,16)3)23(2)13(9-18(22)26)8-14(25)10-19(23)27/h12-20,22,25-28H,4-11H2,1-3H3,(H,29,30)/p-1/t12-,13?,14?,15-,16+,17+,18?,19?,20?,22+,23+,24-/m1/s1. The average molecular weight is 424 g/mol. The molecule has 0 aromatic carbocycles. The quantitative estimate of drug-likeness (QED) is 0.537. The number of hydrogen-bond acceptors (Lipinski definition) is 6. The summed E-state index contributed by atoms with van der Waals surface area (Å²) in [5.74, 6) is -0.364. The minimum atomic E-state index is -1.03. The molecule has 0 radical (unpaired) electrons. The van der Waals surface area contributed by atoms with Gasteiger partial charge in [-0.1, -0.05) is 20.8 Å². The summed E-state index contributed by atoms with van der Waals surface area (Å²) in [4.78, 5) is 11.0. The molecule has 4 fully saturated rings. The summed E-state index contributed by atoms with van der Waals surface area (Å²) in [5, 5.41) is 54.9. The Balaban J connectivity index is 1.63. The highest BCUT2D eigenvalue weighted by Crippen LogP contribution is 2.68. The third-order valence-corrected chi connectivity index (χ3v) is 10.4. The number of aliphatic carboxylic acids is 1. The van der Waals surface area contributed by atoms with Crippen molar-refractivity contribution in [3.8, 4) is 0 Å². The molecule has 6 nitrogen and oxygen atoms in total. The van der Waals surface area contributed by atoms with Crippen molar-refractivity contribution in [2.45, 2.75) is 96.6 Å². The highest BCUT2D eigenvalue weighted by molar-refractivity contribution is 5.64. The van der Waals surface area contributed by atoms with Gasteiger partial charge in [-0.25, -0.2) is 0 Å². The van der Waals surface area contributed by atoms with Gasteiger partial charge in [0.05, 0.1) is 24.4 Å². The smallest absolute Gasteiger partial charge is 0.0623 e. The predicted octanol–water partition coefficient (Wildman–Crippen LogP) is 1.08. The minimum Gasteiger partial charge on any atom is -0.550 e. The Labute approximate surface area is 179 Å². The van der Waals surface area contributed by atoms with Gasteiger partial charge >= 0.3 is 0 Å². The second-order valence-electron chi connectivity index (χ2n) is 11.5. The molecule has 0 heterocycles. The molecule has 0 saturated heterocycles. The van der Waals surface area contributed by atoms with Crippen molar-refractivity contribution in [1.82, 2.24) is 0 Å². The van der Waals surface area contributed by atoms with Gasteiger partial charge in [0.1, 0.15) is 0 Å². The molecule has 0 amide bonds. The SMILES string of the molecule is C[C@H](CCC(=O)[O-])[C@H]1CC[C@H]2[C@@H]3C(O)CC4CC(O)CC(O)[C@]4(C)[C@H]3CC(O)[C@]12C. The number of aliphatic hydroxyl groups is 4. The molecule has 0 bridgehead atoms. The Morgan fingerprint density at radius 2 is 1.63 bits per heavy atom. The maximum atomic E-state index is 11.5. The Hall–Kier alpha value is -0.690. The molecule has 12 atom stereocenters. The molecule has 0 aliphatic heterocycles. The lowest BCUT2D eigenvalue weighted by Gasteiger charge is -2.64. The van der Waals surface area contributed by atoms with Crippen LogP contribution in [0.3, 0.4) is 0 Å². The summed E-state index contributed by atoms with van der Waals surface area (Å²) in [6.45, 7) is 6.34. The van der Waals surface area contributed by atoms with E-state index in [1.165, 1.54) is 0 Å². The second kappa shape index (κ2) is 7.72. The number of hydrogen-bond donors (Lipinski definition) is 4. The number of fused-ring (bicyclic) bond motifs is 5. The second-order valence-corrected chi connectivity index (χ2v) is 11.5. The Bertz CT molecular complexity index is 668. The van der Waals surface area contributed by atoms with E-state index in [0.717, 1.165) is 12.8 Å². The molecule has 4 aliphatic carbocycles. The first-order valence-corrected chi connectivity index (χ1v) is 11.9. The molecule has 5 unspecified atom stereocenters. The molecule has 6 heteroatoms. The highest BCUT2D eigenvalue weighted by Gasteiger charge is 2.67. The fourth-order valence-corrected chi connectivity index (χ4v) is 8.75. The molecule has 4 aliphatic rings. The van der Waals surface area contributed by atoms with Gasteiger partial charge in [-0.3, -0.25) is 0 Å². The van der Waals surface area contributed by atoms with Gasteiger partial charge in [0.15, 0.2) is 0 Å². The van der Waals surface area contributed by atoms with Crippen LogP contribution in [0.5, 0.6) is 0 Å². The molecule has 172 valence electrons. The number of carboxylic acids is 1. The van der Waals surface area contributed by atoms with Crippen LogP contribution in [0.2, 0.25) is 0 Å². The Morgan fingerprint density at radius 1 is 0.967 bits per heavy atom. The van der Waals surface area contributed by atoms with Crippen molar-refractivity contribution in [3.63, 3.8) is 0 Å². The van der Waals surface area contributed by atoms with Crippen molar-refractivity contribution in [3.05, 3.63) is 0 Å². The van der Waals surface area contributed by atoms with Crippen LogP contribution >= 0.6 is 0 Å². The van der Waals surface area contributed by atoms with E-state index in [0.29, 0.717) is 32.1 Å². The van der Waals surface area contributed by atoms with Gasteiger partial charge in [-0.15, -0.1) is 0 Å². The summed E-state index contributed by atoms with van der Waals surface area (Å²) in [5.41, 5.74) is -0.750. The van der Waals surface area contributed by atoms with Crippen LogP contribution in [0, 0.1) is 46.3 Å². The van der Waals surface area contributed by atoms with Crippen molar-refractivity contribution in [2.75, 3.05) is 0 Å². The molecule has 4 N–H and O–H groups in total. The van der Waals surface area contributed by atoms with E-state index in [9.17, 15) is 30.3 Å². The summed E-state index contributed by atoms with van der Waals surface area (Å²) < 4.78 is 0. The normalized spacial score (nSPS) is 54.0. The molecule has 0 aromatic heterocycles. The van der Waals surface area contributed by atoms with Crippen LogP contribution in [0.15, 0.2) is 0 Å². The van der Waals surface area contributed by atoms with Gasteiger partial charge < -0.3 is 30.3 Å². The monoisotopic (exact) mass is 423 g/mol. The topological polar surface area (TPSA) is 121 Å². The summed E-state index contributed by atoms with van der Waals surface area (Å²) >= 11 is 0. The van der Waals surface area contributed by atoms with E-state index in [2.05, 4.69) is 20.8 Å². The fraction of sp³-hybridized carbons (Fsp3) is 0.958. The summed E-state index contributed by atoms with van der Waals surface area (Å²) in [7, 11) is 0. The molecule has 0 aromatic rings. The molecule has 30 heavy (non-hydrogen) atoms. The first-order chi connectivity index (χ1) is 14.0. The van der Waals surface area contributed by atoms with Gasteiger partial charge in [-0.05, 0) is 97.7 Å². The number of carbonyl (C=O) groups excluding carboxylic acids is 1. The van der Waals surface area contributed by atoms with Gasteiger partial charge in [0, 0.05) is 5.97 Å². The maximum Gasteiger partial charge on any atom is 0.0623 e. The zero-order valence-corrected chi connectivity index (χ0v) is 18.5. The third-order valence-electron chi connectivity index (χ3n) is 10.4. The van der Waals surface area contributed by atoms with Crippen molar-refractivity contribution < 1.29 is 30.3 Å². The number of rotatable bonds is 4. The zero-order valence-electron chi connectivity index (χ0n) is 18.5. The molecule has 4 saturated carbocycles. The van der Waals surface area contributed by atoms with Gasteiger partial charge in [0.25, 0.3) is 0 Å². The van der Waals surface area contributed by atoms with Crippen molar-refractivity contribution in [2.24, 2.45) is 46.3 Å². The van der Waals surface area contributed by atoms with E-state index in [4.69, 9.17) is 0 Å². The van der Waals surface area contributed by atoms with E-state index >= 15 is 0 Å². The predicted molar refractivity (Wildman–Crippen MR) is 109 cm³/mol. The number of aliphatic hydroxyl groups excluding tert-OH is 4. The highest BCUT2D eigenvalue weighted by atomic mass is 16.4. The summed E-state index contributed by atoms with van der Waals surface area (Å²) in [6.07, 6.45) is 2.40. The van der Waals surface area contributed by atoms with E-state index < -0.39 is 35.8 Å². The van der Waals surface area contributed by atoms with E-state index in [-0.39, 0.29) is 47.3 Å². The lowest BCUT2D eigenvalue weighted by atomic mass is 9.42. The number of carbonyl (C=O) groups is 1. The van der Waals surface area contributed by atoms with Crippen molar-refractivity contribution >= 4 is 5.97 Å². The van der Waals surface area contributed by atoms with Crippen LogP contribution in [0.1, 0.15) is 72.1 Å². The molecular weight excluding hydrogens is 384 g/mol. The molecule has 4 rings (SSSR count). The first kappa shape index (κ1) is 22.5. The van der Waals surface area contributed by atoms with Crippen LogP contribution in [0.4, 0.5) is 0 Å². The average Bonchev–Trinajstić information content (AvgIpc) is 3.01. The van der Waals surface area contributed by atoms with Crippen LogP contribution in [0.25, 0.3) is 0 Å². The number of carboxylic acid groups (broad SMARTS) is 1. The Morgan fingerprint density at radius 3 is 2.30 bits per heavy atom. The first-order valence-electron chi connectivity index (χ1n) is 11.9. The van der Waals surface area contributed by atoms with Crippen LogP contribution < -0.4 is 5.11 Å². The van der Waals surface area contributed by atoms with E-state index in [1.807, 2.05) is 0 Å². The lowest BCUT2D eigenvalue weighted by molar-refractivity contribution is -0.306. The van der Waals surface area contributed by atoms with Crippen LogP contribution in [-0.4, -0.2) is 50.8 Å². The largest absolute Gasteiger partial charge is 0.550 e. The van der Waals surface area contributed by atoms with E-state index in [1.54, 1.807) is 0 Å². The van der Waals surface area contributed by atoms with Gasteiger partial charge in [-0.2, -0.15) is 0 Å². The zero-order chi connectivity index (χ0) is 22.0. The maximum absolute atomic E-state index is 11.5. The minimum absolute atomic E-state index is 0.0269. The van der Waals surface area contributed by atoms with Crippen LogP contribution in [-0.2, 0) is 4.79 Å².